The maximum absolute atomic E-state index is 16.9. The van der Waals surface area contributed by atoms with Crippen molar-refractivity contribution < 1.29 is 13.6 Å². The predicted octanol–water partition coefficient (Wildman–Crippen LogP) is -2.83. The second-order valence-corrected chi connectivity index (χ2v) is 11.3. The fraction of sp³-hybridized carbons (Fsp3) is 0.421. The molecule has 2 heterocycles. The highest BCUT2D eigenvalue weighted by atomic mass is 35.5. The van der Waals surface area contributed by atoms with Gasteiger partial charge < -0.3 is 10.2 Å². The molecule has 1 N–H and O–H groups in total. The van der Waals surface area contributed by atoms with Crippen LogP contribution in [0.5, 0.6) is 0 Å². The summed E-state index contributed by atoms with van der Waals surface area (Å²) in [6, 6.07) is 3.91. The number of alkyl halides is 1. The Balaban J connectivity index is 1.83. The highest BCUT2D eigenvalue weighted by Gasteiger charge is 2.59. The SMILES string of the molecule is BC(B)(NCC1(F)C(B)(B)CN(C(=O)c2ccc(F)c(Cl)c2)CC1(B)B)c1ncc(C)cn1. The van der Waals surface area contributed by atoms with E-state index >= 15 is 4.39 Å². The summed E-state index contributed by atoms with van der Waals surface area (Å²) in [6.45, 7) is 2.41. The molecule has 33 heavy (non-hydrogen) atoms. The minimum absolute atomic E-state index is 0.0711. The zero-order valence-corrected chi connectivity index (χ0v) is 21.1. The van der Waals surface area contributed by atoms with Crippen molar-refractivity contribution in [3.63, 3.8) is 0 Å². The number of nitrogens with zero attached hydrogens (tertiary/aromatic N) is 3. The van der Waals surface area contributed by atoms with Crippen LogP contribution in [0.1, 0.15) is 21.7 Å². The molecule has 0 aliphatic carbocycles. The number of rotatable bonds is 5. The summed E-state index contributed by atoms with van der Waals surface area (Å²) in [7, 11) is 11.2. The molecule has 0 saturated carbocycles. The van der Waals surface area contributed by atoms with Crippen LogP contribution in [-0.2, 0) is 5.34 Å². The molecular weight excluding hydrogens is 439 g/mol. The third-order valence-corrected chi connectivity index (χ3v) is 7.18. The molecule has 0 radical (unpaired) electrons. The van der Waals surface area contributed by atoms with Crippen LogP contribution in [0.3, 0.4) is 0 Å². The van der Waals surface area contributed by atoms with Gasteiger partial charge in [0.25, 0.3) is 5.91 Å². The zero-order valence-electron chi connectivity index (χ0n) is 20.4. The molecule has 3 rings (SSSR count). The van der Waals surface area contributed by atoms with Crippen molar-refractivity contribution in [2.75, 3.05) is 19.6 Å². The van der Waals surface area contributed by atoms with Gasteiger partial charge in [0.2, 0.25) is 0 Å². The zero-order chi connectivity index (χ0) is 24.8. The van der Waals surface area contributed by atoms with Gasteiger partial charge in [-0.2, -0.15) is 0 Å². The quantitative estimate of drug-likeness (QED) is 0.484. The Morgan fingerprint density at radius 2 is 1.73 bits per heavy atom. The molecule has 5 nitrogen and oxygen atoms in total. The molecule has 0 unspecified atom stereocenters. The summed E-state index contributed by atoms with van der Waals surface area (Å²) < 4.78 is 30.4. The van der Waals surface area contributed by atoms with Crippen LogP contribution in [0.25, 0.3) is 0 Å². The Kier molecular flexibility index (Phi) is 6.91. The van der Waals surface area contributed by atoms with Crippen molar-refractivity contribution in [3.05, 3.63) is 58.4 Å². The van der Waals surface area contributed by atoms with Gasteiger partial charge in [-0.15, -0.1) is 0 Å². The van der Waals surface area contributed by atoms with E-state index < -0.39 is 27.3 Å². The lowest BCUT2D eigenvalue weighted by molar-refractivity contribution is 0.0235. The number of aromatic nitrogens is 2. The van der Waals surface area contributed by atoms with Gasteiger partial charge in [0.1, 0.15) is 64.4 Å². The second kappa shape index (κ2) is 8.80. The van der Waals surface area contributed by atoms with Crippen LogP contribution in [0, 0.1) is 12.7 Å². The summed E-state index contributed by atoms with van der Waals surface area (Å²) in [5.74, 6) is -0.281. The summed E-state index contributed by atoms with van der Waals surface area (Å²) in [6.07, 6.45) is 3.49. The van der Waals surface area contributed by atoms with Crippen LogP contribution >= 0.6 is 11.6 Å². The van der Waals surface area contributed by atoms with Crippen molar-refractivity contribution in [1.29, 1.82) is 0 Å². The molecule has 1 aromatic heterocycles. The molecule has 2 aromatic rings. The highest BCUT2D eigenvalue weighted by Crippen LogP contribution is 2.54. The molecular formula is C19H27B6ClF2N4O. The Morgan fingerprint density at radius 1 is 1.18 bits per heavy atom. The first-order chi connectivity index (χ1) is 15.1. The predicted molar refractivity (Wildman–Crippen MR) is 144 cm³/mol. The number of benzene rings is 1. The average molecular weight is 466 g/mol. The van der Waals surface area contributed by atoms with Gasteiger partial charge in [0.05, 0.1) is 5.02 Å². The maximum Gasteiger partial charge on any atom is 0.253 e. The van der Waals surface area contributed by atoms with Crippen LogP contribution in [-0.4, -0.2) is 93.2 Å². The lowest BCUT2D eigenvalue weighted by Gasteiger charge is -2.59. The molecule has 1 fully saturated rings. The molecule has 1 aliphatic heterocycles. The van der Waals surface area contributed by atoms with E-state index in [2.05, 4.69) is 15.3 Å². The molecule has 0 bridgehead atoms. The van der Waals surface area contributed by atoms with E-state index in [1.165, 1.54) is 18.2 Å². The third-order valence-electron chi connectivity index (χ3n) is 6.89. The summed E-state index contributed by atoms with van der Waals surface area (Å²) in [5, 5.41) is 0.852. The first-order valence-electron chi connectivity index (χ1n) is 11.1. The Labute approximate surface area is 204 Å². The van der Waals surface area contributed by atoms with E-state index in [0.717, 1.165) is 5.56 Å². The maximum atomic E-state index is 16.9. The Morgan fingerprint density at radius 3 is 2.24 bits per heavy atom. The molecule has 14 heteroatoms. The summed E-state index contributed by atoms with van der Waals surface area (Å²) in [4.78, 5) is 23.6. The number of hydrogen-bond acceptors (Lipinski definition) is 4. The van der Waals surface area contributed by atoms with E-state index in [1.54, 1.807) is 17.3 Å². The minimum atomic E-state index is -1.64. The lowest BCUT2D eigenvalue weighted by atomic mass is 9.31. The van der Waals surface area contributed by atoms with Gasteiger partial charge in [-0.05, 0) is 41.1 Å². The average Bonchev–Trinajstić information content (AvgIpc) is 2.72. The smallest absolute Gasteiger partial charge is 0.253 e. The molecule has 0 atom stereocenters. The number of halogens is 3. The van der Waals surface area contributed by atoms with Crippen LogP contribution in [0.4, 0.5) is 8.78 Å². The molecule has 1 saturated heterocycles. The summed E-state index contributed by atoms with van der Waals surface area (Å²) >= 11 is 5.87. The highest BCUT2D eigenvalue weighted by molar-refractivity contribution is 6.47. The Hall–Kier alpha value is -1.73. The van der Waals surface area contributed by atoms with Crippen molar-refractivity contribution in [3.8, 4) is 0 Å². The largest absolute Gasteiger partial charge is 0.340 e. The standard InChI is InChI=1S/C19H27B6ClF2N4O/c1-10-5-29-15(30-6-10)19(24,25)31-7-16(28)17(20,21)8-32(9-18(16,22)23)14(33)11-2-3-13(27)12(26)4-11/h2-6,31H,7-9,20-25H2,1H3. The molecule has 0 spiro atoms. The van der Waals surface area contributed by atoms with Crippen LogP contribution < -0.4 is 5.32 Å². The lowest BCUT2D eigenvalue weighted by Crippen LogP contribution is -2.68. The monoisotopic (exact) mass is 466 g/mol. The van der Waals surface area contributed by atoms with Crippen molar-refractivity contribution in [1.82, 2.24) is 20.2 Å². The van der Waals surface area contributed by atoms with Gasteiger partial charge in [0, 0.05) is 42.9 Å². The van der Waals surface area contributed by atoms with E-state index in [0.29, 0.717) is 5.82 Å². The summed E-state index contributed by atoms with van der Waals surface area (Å²) in [5.41, 5.74) is -0.396. The van der Waals surface area contributed by atoms with Gasteiger partial charge in [-0.25, -0.2) is 18.7 Å². The van der Waals surface area contributed by atoms with Crippen LogP contribution in [0.15, 0.2) is 30.6 Å². The molecule has 1 aliphatic rings. The number of carbonyl (C=O) groups is 1. The first-order valence-corrected chi connectivity index (χ1v) is 11.4. The molecule has 1 amide bonds. The number of aryl methyl sites for hydroxylation is 1. The number of nitrogens with one attached hydrogen (secondary N) is 1. The van der Waals surface area contributed by atoms with Crippen LogP contribution in [0.2, 0.25) is 15.5 Å². The number of likely N-dealkylation sites (tertiary alicyclic amines) is 1. The van der Waals surface area contributed by atoms with E-state index in [1.807, 2.05) is 54.0 Å². The molecule has 168 valence electrons. The number of hydrogen-bond donors (Lipinski definition) is 1. The number of piperidine rings is 1. The van der Waals surface area contributed by atoms with Crippen molar-refractivity contribution in [2.45, 2.75) is 28.4 Å². The van der Waals surface area contributed by atoms with E-state index in [4.69, 9.17) is 11.6 Å². The third kappa shape index (κ3) is 4.90. The fourth-order valence-corrected chi connectivity index (χ4v) is 4.93. The fourth-order valence-electron chi connectivity index (χ4n) is 4.75. The van der Waals surface area contributed by atoms with E-state index in [9.17, 15) is 9.18 Å². The van der Waals surface area contributed by atoms with Gasteiger partial charge >= 0.3 is 0 Å². The van der Waals surface area contributed by atoms with Crippen molar-refractivity contribution in [2.24, 2.45) is 0 Å². The minimum Gasteiger partial charge on any atom is -0.340 e. The van der Waals surface area contributed by atoms with Gasteiger partial charge in [-0.3, -0.25) is 4.79 Å². The number of amides is 1. The molecule has 1 aromatic carbocycles. The second-order valence-electron chi connectivity index (χ2n) is 10.9. The Bertz CT molecular complexity index is 1040. The topological polar surface area (TPSA) is 58.1 Å². The first kappa shape index (κ1) is 25.9. The van der Waals surface area contributed by atoms with Gasteiger partial charge in [0.15, 0.2) is 0 Å². The van der Waals surface area contributed by atoms with Gasteiger partial charge in [-0.1, -0.05) is 11.6 Å². The normalized spacial score (nSPS) is 19.2. The van der Waals surface area contributed by atoms with Crippen molar-refractivity contribution >= 4 is 64.6 Å². The van der Waals surface area contributed by atoms with E-state index in [-0.39, 0.29) is 36.1 Å². The number of carbonyl (C=O) groups excluding carboxylic acids is 1.